The molecule has 3 N–H and O–H groups in total. The molecule has 4 aromatic heterocycles. The molecule has 1 amide bonds. The van der Waals surface area contributed by atoms with Gasteiger partial charge in [0.05, 0.1) is 0 Å². The number of amides is 1. The Labute approximate surface area is 167 Å². The van der Waals surface area contributed by atoms with Crippen LogP contribution in [0.5, 0.6) is 0 Å². The van der Waals surface area contributed by atoms with Crippen LogP contribution in [0.1, 0.15) is 33.1 Å². The molecular weight excluding hydrogens is 366 g/mol. The van der Waals surface area contributed by atoms with Gasteiger partial charge in [-0.1, -0.05) is 6.92 Å². The van der Waals surface area contributed by atoms with Crippen molar-refractivity contribution < 1.29 is 4.79 Å². The Hall–Kier alpha value is -3.42. The lowest BCUT2D eigenvalue weighted by Gasteiger charge is -2.45. The molecule has 148 valence electrons. The van der Waals surface area contributed by atoms with Gasteiger partial charge in [-0.05, 0) is 31.9 Å². The van der Waals surface area contributed by atoms with Gasteiger partial charge in [0.2, 0.25) is 11.9 Å². The number of aromatic nitrogens is 5. The number of rotatable bonds is 5. The number of nitrogens with zero attached hydrogens (tertiary/aromatic N) is 4. The summed E-state index contributed by atoms with van der Waals surface area (Å²) < 4.78 is 2.00. The fourth-order valence-corrected chi connectivity index (χ4v) is 4.13. The Bertz CT molecular complexity index is 1200. The molecule has 8 heteroatoms. The van der Waals surface area contributed by atoms with Gasteiger partial charge in [0, 0.05) is 65.5 Å². The van der Waals surface area contributed by atoms with E-state index in [0.29, 0.717) is 12.4 Å². The summed E-state index contributed by atoms with van der Waals surface area (Å²) in [5.41, 5.74) is 3.71. The van der Waals surface area contributed by atoms with E-state index >= 15 is 0 Å². The van der Waals surface area contributed by atoms with Crippen LogP contribution in [0, 0.1) is 0 Å². The predicted molar refractivity (Wildman–Crippen MR) is 112 cm³/mol. The number of H-pyrrole nitrogens is 1. The van der Waals surface area contributed by atoms with E-state index in [2.05, 4.69) is 49.8 Å². The van der Waals surface area contributed by atoms with Gasteiger partial charge in [-0.15, -0.1) is 0 Å². The highest BCUT2D eigenvalue weighted by Gasteiger charge is 2.41. The average molecular weight is 389 g/mol. The van der Waals surface area contributed by atoms with Crippen LogP contribution in [0.15, 0.2) is 43.1 Å². The van der Waals surface area contributed by atoms with Crippen LogP contribution in [0.4, 0.5) is 5.95 Å². The summed E-state index contributed by atoms with van der Waals surface area (Å²) >= 11 is 0. The Morgan fingerprint density at radius 1 is 1.34 bits per heavy atom. The van der Waals surface area contributed by atoms with Gasteiger partial charge in [-0.2, -0.15) is 4.98 Å². The molecule has 0 aromatic carbocycles. The molecule has 29 heavy (non-hydrogen) atoms. The number of fused-ring (bicyclic) bond motifs is 2. The van der Waals surface area contributed by atoms with Crippen LogP contribution in [-0.4, -0.2) is 41.8 Å². The molecule has 4 aromatic rings. The van der Waals surface area contributed by atoms with Crippen molar-refractivity contribution >= 4 is 28.5 Å². The zero-order valence-electron chi connectivity index (χ0n) is 16.4. The maximum Gasteiger partial charge on any atom is 0.224 e. The minimum atomic E-state index is -0.138. The zero-order chi connectivity index (χ0) is 20.0. The molecule has 1 aliphatic carbocycles. The van der Waals surface area contributed by atoms with Gasteiger partial charge in [0.15, 0.2) is 0 Å². The lowest BCUT2D eigenvalue weighted by atomic mass is 9.74. The first-order valence-corrected chi connectivity index (χ1v) is 9.88. The van der Waals surface area contributed by atoms with Crippen LogP contribution >= 0.6 is 0 Å². The minimum absolute atomic E-state index is 0.0939. The Kier molecular flexibility index (Phi) is 4.01. The lowest BCUT2D eigenvalue weighted by Crippen LogP contribution is -2.59. The highest BCUT2D eigenvalue weighted by atomic mass is 16.1. The summed E-state index contributed by atoms with van der Waals surface area (Å²) in [7, 11) is 0. The van der Waals surface area contributed by atoms with E-state index < -0.39 is 0 Å². The summed E-state index contributed by atoms with van der Waals surface area (Å²) in [6, 6.07) is 4.31. The van der Waals surface area contributed by atoms with Crippen LogP contribution in [0.2, 0.25) is 0 Å². The van der Waals surface area contributed by atoms with E-state index in [4.69, 9.17) is 0 Å². The van der Waals surface area contributed by atoms with Crippen molar-refractivity contribution in [3.05, 3.63) is 43.1 Å². The number of pyridine rings is 1. The summed E-state index contributed by atoms with van der Waals surface area (Å²) in [5.74, 6) is 0.696. The number of aromatic amines is 1. The largest absolute Gasteiger partial charge is 0.351 e. The molecular formula is C21H23N7O. The zero-order valence-corrected chi connectivity index (χ0v) is 16.4. The smallest absolute Gasteiger partial charge is 0.224 e. The monoisotopic (exact) mass is 389 g/mol. The van der Waals surface area contributed by atoms with Gasteiger partial charge in [-0.25, -0.2) is 9.97 Å². The summed E-state index contributed by atoms with van der Waals surface area (Å²) in [6.45, 7) is 3.95. The first-order valence-electron chi connectivity index (χ1n) is 9.88. The van der Waals surface area contributed by atoms with Crippen molar-refractivity contribution in [1.82, 2.24) is 29.7 Å². The van der Waals surface area contributed by atoms with Gasteiger partial charge in [0.25, 0.3) is 0 Å². The quantitative estimate of drug-likeness (QED) is 0.487. The second-order valence-electron chi connectivity index (χ2n) is 7.98. The molecule has 0 radical (unpaired) electrons. The Morgan fingerprint density at radius 2 is 2.21 bits per heavy atom. The van der Waals surface area contributed by atoms with Crippen molar-refractivity contribution in [3.8, 4) is 11.1 Å². The highest BCUT2D eigenvalue weighted by Crippen LogP contribution is 2.34. The van der Waals surface area contributed by atoms with Crippen molar-refractivity contribution in [2.45, 2.75) is 44.7 Å². The SMILES string of the molecule is CCC(=O)N[C@]1(C)C[C@H](Nc2ncc3c(-c4ccc5nccn5c4)c[nH]c3n2)C1. The van der Waals surface area contributed by atoms with Gasteiger partial charge >= 0.3 is 0 Å². The number of hydrogen-bond acceptors (Lipinski definition) is 5. The number of anilines is 1. The molecule has 0 bridgehead atoms. The van der Waals surface area contributed by atoms with Crippen LogP contribution in [0.3, 0.4) is 0 Å². The third kappa shape index (κ3) is 3.20. The van der Waals surface area contributed by atoms with Crippen molar-refractivity contribution in [2.75, 3.05) is 5.32 Å². The molecule has 0 spiro atoms. The normalized spacial score (nSPS) is 21.2. The topological polar surface area (TPSA) is 100 Å². The van der Waals surface area contributed by atoms with Crippen molar-refractivity contribution in [3.63, 3.8) is 0 Å². The minimum Gasteiger partial charge on any atom is -0.351 e. The fourth-order valence-electron chi connectivity index (χ4n) is 4.13. The number of carbonyl (C=O) groups excluding carboxylic acids is 1. The predicted octanol–water partition coefficient (Wildman–Crippen LogP) is 3.13. The van der Waals surface area contributed by atoms with Crippen LogP contribution in [-0.2, 0) is 4.79 Å². The number of imidazole rings is 1. The molecule has 1 fully saturated rings. The number of nitrogens with one attached hydrogen (secondary N) is 3. The Balaban J connectivity index is 1.33. The van der Waals surface area contributed by atoms with Crippen molar-refractivity contribution in [2.24, 2.45) is 0 Å². The third-order valence-corrected chi connectivity index (χ3v) is 5.62. The lowest BCUT2D eigenvalue weighted by molar-refractivity contribution is -0.123. The summed E-state index contributed by atoms with van der Waals surface area (Å²) in [4.78, 5) is 28.3. The summed E-state index contributed by atoms with van der Waals surface area (Å²) in [5, 5.41) is 7.44. The first kappa shape index (κ1) is 17.7. The third-order valence-electron chi connectivity index (χ3n) is 5.62. The van der Waals surface area contributed by atoms with E-state index in [1.807, 2.05) is 36.0 Å². The van der Waals surface area contributed by atoms with Gasteiger partial charge in [-0.3, -0.25) is 4.79 Å². The molecule has 0 saturated heterocycles. The van der Waals surface area contributed by atoms with Crippen LogP contribution < -0.4 is 10.6 Å². The van der Waals surface area contributed by atoms with Gasteiger partial charge in [0.1, 0.15) is 11.3 Å². The van der Waals surface area contributed by atoms with E-state index in [-0.39, 0.29) is 17.5 Å². The number of carbonyl (C=O) groups is 1. The van der Waals surface area contributed by atoms with Crippen LogP contribution in [0.25, 0.3) is 27.8 Å². The number of hydrogen-bond donors (Lipinski definition) is 3. The van der Waals surface area contributed by atoms with Crippen molar-refractivity contribution in [1.29, 1.82) is 0 Å². The maximum atomic E-state index is 11.6. The first-order chi connectivity index (χ1) is 14.0. The Morgan fingerprint density at radius 3 is 3.03 bits per heavy atom. The van der Waals surface area contributed by atoms with E-state index in [1.165, 1.54) is 0 Å². The van der Waals surface area contributed by atoms with E-state index in [9.17, 15) is 4.79 Å². The second kappa shape index (κ2) is 6.58. The maximum absolute atomic E-state index is 11.6. The summed E-state index contributed by atoms with van der Waals surface area (Å²) in [6.07, 6.45) is 11.8. The second-order valence-corrected chi connectivity index (χ2v) is 7.98. The molecule has 4 heterocycles. The molecule has 0 aliphatic heterocycles. The van der Waals surface area contributed by atoms with E-state index in [1.54, 1.807) is 6.20 Å². The average Bonchev–Trinajstić information content (AvgIpc) is 3.32. The van der Waals surface area contributed by atoms with E-state index in [0.717, 1.165) is 40.6 Å². The fraction of sp³-hybridized carbons (Fsp3) is 0.333. The highest BCUT2D eigenvalue weighted by molar-refractivity contribution is 5.93. The molecule has 8 nitrogen and oxygen atoms in total. The molecule has 1 saturated carbocycles. The van der Waals surface area contributed by atoms with Gasteiger partial charge < -0.3 is 20.0 Å². The standard InChI is InChI=1S/C21H23N7O/c1-3-18(29)27-21(2)8-14(9-21)25-20-24-11-16-15(10-23-19(16)26-20)13-4-5-17-22-6-7-28(17)12-13/h4-7,10-12,14H,3,8-9H2,1-2H3,(H,27,29)(H2,23,24,25,26)/t14-,21+. The molecule has 1 aliphatic rings. The molecule has 0 unspecified atom stereocenters. The molecule has 0 atom stereocenters. The molecule has 5 rings (SSSR count).